The van der Waals surface area contributed by atoms with Gasteiger partial charge in [0.1, 0.15) is 22.0 Å². The molecule has 0 fully saturated rings. The molecule has 158 valence electrons. The lowest BCUT2D eigenvalue weighted by atomic mass is 9.98. The first-order chi connectivity index (χ1) is 15.0. The first-order valence-electron chi connectivity index (χ1n) is 9.85. The van der Waals surface area contributed by atoms with Crippen molar-refractivity contribution >= 4 is 28.4 Å². The predicted octanol–water partition coefficient (Wildman–Crippen LogP) is 3.51. The molecule has 0 aromatic heterocycles. The van der Waals surface area contributed by atoms with Gasteiger partial charge in [-0.1, -0.05) is 42.5 Å². The summed E-state index contributed by atoms with van der Waals surface area (Å²) in [5.74, 6) is 0.247. The van der Waals surface area contributed by atoms with Crippen LogP contribution in [0.5, 0.6) is 5.75 Å². The lowest BCUT2D eigenvalue weighted by molar-refractivity contribution is 0.0951. The number of nitrogens with one attached hydrogen (secondary N) is 2. The largest absolute Gasteiger partial charge is 0.497 e. The van der Waals surface area contributed by atoms with Gasteiger partial charge in [-0.05, 0) is 47.9 Å². The summed E-state index contributed by atoms with van der Waals surface area (Å²) in [5, 5.41) is 2.16. The summed E-state index contributed by atoms with van der Waals surface area (Å²) in [5.41, 5.74) is 3.13. The lowest BCUT2D eigenvalue weighted by Crippen LogP contribution is -2.37. The number of carbonyl (C=O) groups excluding carboxylic acids is 2. The maximum atomic E-state index is 13.1. The van der Waals surface area contributed by atoms with Gasteiger partial charge in [0.05, 0.1) is 12.8 Å². The van der Waals surface area contributed by atoms with E-state index in [1.165, 1.54) is 0 Å². The Balaban J connectivity index is 1.48. The normalized spacial score (nSPS) is 17.4. The minimum Gasteiger partial charge on any atom is -0.497 e. The van der Waals surface area contributed by atoms with Crippen molar-refractivity contribution in [3.63, 3.8) is 0 Å². The Morgan fingerprint density at radius 3 is 2.48 bits per heavy atom. The zero-order valence-corrected chi connectivity index (χ0v) is 17.8. The molecular formula is C24H22N2O4S. The summed E-state index contributed by atoms with van der Waals surface area (Å²) >= 11 is 0. The zero-order valence-electron chi connectivity index (χ0n) is 17.0. The highest BCUT2D eigenvalue weighted by Crippen LogP contribution is 2.28. The highest BCUT2D eigenvalue weighted by molar-refractivity contribution is 7.88. The number of Topliss-reactive ketones (excluding diaryl/α,β-unsaturated/α-hetero) is 1. The van der Waals surface area contributed by atoms with Crippen LogP contribution < -0.4 is 14.8 Å². The van der Waals surface area contributed by atoms with E-state index in [1.807, 2.05) is 54.6 Å². The van der Waals surface area contributed by atoms with Gasteiger partial charge in [-0.15, -0.1) is 0 Å². The number of amides is 1. The van der Waals surface area contributed by atoms with Crippen molar-refractivity contribution in [2.75, 3.05) is 11.8 Å². The second kappa shape index (κ2) is 9.14. The predicted molar refractivity (Wildman–Crippen MR) is 121 cm³/mol. The van der Waals surface area contributed by atoms with Crippen molar-refractivity contribution in [3.8, 4) is 5.75 Å². The summed E-state index contributed by atoms with van der Waals surface area (Å²) in [4.78, 5) is 25.7. The van der Waals surface area contributed by atoms with Crippen LogP contribution in [0.15, 0.2) is 72.8 Å². The summed E-state index contributed by atoms with van der Waals surface area (Å²) in [6.45, 7) is 0.354. The van der Waals surface area contributed by atoms with Gasteiger partial charge < -0.3 is 14.8 Å². The fraction of sp³-hybridized carbons (Fsp3) is 0.167. The van der Waals surface area contributed by atoms with Gasteiger partial charge in [-0.2, -0.15) is 0 Å². The molecule has 31 heavy (non-hydrogen) atoms. The summed E-state index contributed by atoms with van der Waals surface area (Å²) in [6.07, 6.45) is 0.368. The molecule has 0 spiro atoms. The van der Waals surface area contributed by atoms with E-state index in [4.69, 9.17) is 4.74 Å². The third kappa shape index (κ3) is 4.67. The van der Waals surface area contributed by atoms with Gasteiger partial charge in [0.25, 0.3) is 5.91 Å². The molecule has 1 heterocycles. The van der Waals surface area contributed by atoms with E-state index in [0.717, 1.165) is 16.9 Å². The average Bonchev–Trinajstić information content (AvgIpc) is 2.81. The van der Waals surface area contributed by atoms with Gasteiger partial charge in [0, 0.05) is 17.7 Å². The first kappa shape index (κ1) is 20.8. The van der Waals surface area contributed by atoms with Crippen LogP contribution in [0.4, 0.5) is 5.69 Å². The van der Waals surface area contributed by atoms with Gasteiger partial charge >= 0.3 is 0 Å². The van der Waals surface area contributed by atoms with Crippen LogP contribution in [-0.2, 0) is 24.0 Å². The van der Waals surface area contributed by atoms with Crippen molar-refractivity contribution in [3.05, 3.63) is 95.1 Å². The molecule has 6 nitrogen and oxygen atoms in total. The topological polar surface area (TPSA) is 84.5 Å². The fourth-order valence-electron chi connectivity index (χ4n) is 3.45. The lowest BCUT2D eigenvalue weighted by Gasteiger charge is -2.24. The van der Waals surface area contributed by atoms with Crippen LogP contribution in [0.3, 0.4) is 0 Å². The molecule has 0 aliphatic carbocycles. The third-order valence-corrected chi connectivity index (χ3v) is 6.50. The second-order valence-electron chi connectivity index (χ2n) is 7.23. The van der Waals surface area contributed by atoms with E-state index in [-0.39, 0.29) is 11.7 Å². The molecule has 2 unspecified atom stereocenters. The summed E-state index contributed by atoms with van der Waals surface area (Å²) < 4.78 is 20.6. The molecule has 3 aromatic carbocycles. The van der Waals surface area contributed by atoms with Crippen LogP contribution in [-0.4, -0.2) is 28.3 Å². The molecule has 3 aromatic rings. The van der Waals surface area contributed by atoms with Crippen LogP contribution in [0, 0.1) is 0 Å². The molecule has 0 saturated heterocycles. The quantitative estimate of drug-likeness (QED) is 0.622. The molecule has 2 N–H and O–H groups in total. The first-order valence-corrected chi connectivity index (χ1v) is 11.1. The highest BCUT2D eigenvalue weighted by Gasteiger charge is 2.34. The molecule has 0 bridgehead atoms. The van der Waals surface area contributed by atoms with E-state index < -0.39 is 16.2 Å². The summed E-state index contributed by atoms with van der Waals surface area (Å²) in [7, 11) is 0.0714. The number of methoxy groups -OCH3 is 1. The molecule has 4 rings (SSSR count). The average molecular weight is 435 g/mol. The Kier molecular flexibility index (Phi) is 6.13. The Morgan fingerprint density at radius 1 is 1.03 bits per heavy atom. The molecular weight excluding hydrogens is 412 g/mol. The molecule has 0 radical (unpaired) electrons. The number of carbonyl (C=O) groups is 2. The Morgan fingerprint density at radius 2 is 1.77 bits per heavy atom. The number of anilines is 1. The number of rotatable bonds is 6. The van der Waals surface area contributed by atoms with E-state index in [1.54, 1.807) is 25.3 Å². The summed E-state index contributed by atoms with van der Waals surface area (Å²) in [6, 6.07) is 21.7. The highest BCUT2D eigenvalue weighted by atomic mass is 32.2. The Labute approximate surface area is 183 Å². The van der Waals surface area contributed by atoms with Crippen LogP contribution in [0.2, 0.25) is 0 Å². The van der Waals surface area contributed by atoms with Crippen LogP contribution in [0.25, 0.3) is 0 Å². The zero-order chi connectivity index (χ0) is 21.8. The molecule has 7 heteroatoms. The molecule has 1 aliphatic rings. The molecule has 0 saturated carbocycles. The minimum atomic E-state index is -1.53. The second-order valence-corrected chi connectivity index (χ2v) is 8.60. The van der Waals surface area contributed by atoms with Gasteiger partial charge in [-0.3, -0.25) is 9.59 Å². The molecule has 1 aliphatic heterocycles. The van der Waals surface area contributed by atoms with Crippen LogP contribution >= 0.6 is 0 Å². The monoisotopic (exact) mass is 434 g/mol. The van der Waals surface area contributed by atoms with E-state index in [0.29, 0.717) is 29.8 Å². The van der Waals surface area contributed by atoms with Gasteiger partial charge in [0.2, 0.25) is 0 Å². The minimum absolute atomic E-state index is 0.222. The van der Waals surface area contributed by atoms with E-state index in [9.17, 15) is 13.8 Å². The van der Waals surface area contributed by atoms with Gasteiger partial charge in [-0.25, -0.2) is 4.21 Å². The number of hydrogen-bond donors (Lipinski definition) is 2. The Bertz CT molecular complexity index is 1130. The standard InChI is InChI=1S/C24H22N2O4S/c1-30-19-10-7-17(8-11-19)15-25-24(28)18-9-12-21-20(14-18)23(27)22(31(29)26-21)13-16-5-3-2-4-6-16/h2-12,14,22,26H,13,15H2,1H3,(H,25,28). The fourth-order valence-corrected chi connectivity index (χ4v) is 4.66. The Hall–Kier alpha value is -3.45. The van der Waals surface area contributed by atoms with Crippen molar-refractivity contribution in [2.45, 2.75) is 18.2 Å². The number of ether oxygens (including phenoxy) is 1. The van der Waals surface area contributed by atoms with Crippen molar-refractivity contribution in [1.29, 1.82) is 0 Å². The number of fused-ring (bicyclic) bond motifs is 1. The van der Waals surface area contributed by atoms with E-state index in [2.05, 4.69) is 10.0 Å². The van der Waals surface area contributed by atoms with Crippen molar-refractivity contribution in [1.82, 2.24) is 5.32 Å². The van der Waals surface area contributed by atoms with Crippen molar-refractivity contribution < 1.29 is 18.5 Å². The third-order valence-electron chi connectivity index (χ3n) is 5.18. The molecule has 1 amide bonds. The van der Waals surface area contributed by atoms with E-state index >= 15 is 0 Å². The van der Waals surface area contributed by atoms with Gasteiger partial charge in [0.15, 0.2) is 5.78 Å². The number of ketones is 1. The SMILES string of the molecule is COc1ccc(CNC(=O)c2ccc3c(c2)C(=O)C(Cc2ccccc2)S(=O)N3)cc1. The molecule has 2 atom stereocenters. The van der Waals surface area contributed by atoms with Crippen molar-refractivity contribution in [2.24, 2.45) is 0 Å². The smallest absolute Gasteiger partial charge is 0.251 e. The maximum Gasteiger partial charge on any atom is 0.251 e. The number of hydrogen-bond acceptors (Lipinski definition) is 4. The maximum absolute atomic E-state index is 13.1. The number of benzene rings is 3. The van der Waals surface area contributed by atoms with Crippen LogP contribution in [0.1, 0.15) is 31.8 Å².